The number of carbonyl (C=O) groups excluding carboxylic acids is 1. The molecule has 0 saturated heterocycles. The first kappa shape index (κ1) is 19.9. The fourth-order valence-corrected chi connectivity index (χ4v) is 3.20. The lowest BCUT2D eigenvalue weighted by atomic mass is 10.1. The van der Waals surface area contributed by atoms with Crippen LogP contribution in [0.4, 0.5) is 5.69 Å². The number of benzene rings is 2. The number of amides is 1. The number of nitrogens with one attached hydrogen (secondary N) is 1. The Labute approximate surface area is 168 Å². The van der Waals surface area contributed by atoms with E-state index in [2.05, 4.69) is 15.5 Å². The molecule has 2 aromatic carbocycles. The highest BCUT2D eigenvalue weighted by Crippen LogP contribution is 2.22. The molecule has 3 rings (SSSR count). The number of ether oxygens (including phenoxy) is 1. The lowest BCUT2D eigenvalue weighted by molar-refractivity contribution is -0.113. The number of thioether (sulfide) groups is 1. The van der Waals surface area contributed by atoms with E-state index in [1.807, 2.05) is 64.1 Å². The van der Waals surface area contributed by atoms with Crippen molar-refractivity contribution in [3.05, 3.63) is 64.5 Å². The minimum Gasteiger partial charge on any atom is -0.484 e. The summed E-state index contributed by atoms with van der Waals surface area (Å²) in [4.78, 5) is 12.2. The molecule has 0 radical (unpaired) electrons. The van der Waals surface area contributed by atoms with E-state index in [0.717, 1.165) is 33.7 Å². The number of aromatic nitrogens is 2. The molecule has 146 valence electrons. The lowest BCUT2D eigenvalue weighted by Gasteiger charge is -2.08. The zero-order valence-electron chi connectivity index (χ0n) is 16.4. The van der Waals surface area contributed by atoms with Crippen molar-refractivity contribution in [2.75, 3.05) is 11.1 Å². The summed E-state index contributed by atoms with van der Waals surface area (Å²) >= 11 is 1.20. The van der Waals surface area contributed by atoms with Crippen LogP contribution >= 0.6 is 11.8 Å². The molecule has 0 aliphatic rings. The molecule has 0 atom stereocenters. The molecule has 0 aliphatic carbocycles. The van der Waals surface area contributed by atoms with E-state index in [9.17, 15) is 4.79 Å². The molecule has 7 heteroatoms. The second-order valence-electron chi connectivity index (χ2n) is 6.67. The molecule has 0 fully saturated rings. The molecule has 1 N–H and O–H groups in total. The number of nitrogens with zero attached hydrogens (tertiary/aromatic N) is 2. The molecule has 1 heterocycles. The summed E-state index contributed by atoms with van der Waals surface area (Å²) in [6.07, 6.45) is 0. The molecule has 1 amide bonds. The molecule has 0 spiro atoms. The number of hydrogen-bond acceptors (Lipinski definition) is 6. The maximum atomic E-state index is 12.2. The van der Waals surface area contributed by atoms with Gasteiger partial charge in [0.2, 0.25) is 5.91 Å². The van der Waals surface area contributed by atoms with Crippen molar-refractivity contribution >= 4 is 23.4 Å². The predicted molar refractivity (Wildman–Crippen MR) is 110 cm³/mol. The summed E-state index contributed by atoms with van der Waals surface area (Å²) in [6, 6.07) is 11.9. The Bertz CT molecular complexity index is 985. The first-order chi connectivity index (χ1) is 13.4. The quantitative estimate of drug-likeness (QED) is 0.587. The summed E-state index contributed by atoms with van der Waals surface area (Å²) in [5, 5.41) is 11.2. The fourth-order valence-electron chi connectivity index (χ4n) is 2.62. The fraction of sp³-hybridized carbons (Fsp3) is 0.286. The summed E-state index contributed by atoms with van der Waals surface area (Å²) in [5.74, 6) is 1.23. The van der Waals surface area contributed by atoms with Crippen LogP contribution in [0.3, 0.4) is 0 Å². The Morgan fingerprint density at radius 1 is 1.04 bits per heavy atom. The van der Waals surface area contributed by atoms with Gasteiger partial charge in [0.15, 0.2) is 6.61 Å². The van der Waals surface area contributed by atoms with Gasteiger partial charge in [-0.05, 0) is 56.5 Å². The number of carbonyl (C=O) groups is 1. The smallest absolute Gasteiger partial charge is 0.277 e. The van der Waals surface area contributed by atoms with Gasteiger partial charge in [0, 0.05) is 5.69 Å². The molecule has 1 aromatic heterocycles. The predicted octanol–water partition coefficient (Wildman–Crippen LogP) is 4.61. The Morgan fingerprint density at radius 3 is 2.57 bits per heavy atom. The largest absolute Gasteiger partial charge is 0.484 e. The summed E-state index contributed by atoms with van der Waals surface area (Å²) in [5.41, 5.74) is 5.16. The van der Waals surface area contributed by atoms with Gasteiger partial charge in [-0.3, -0.25) is 4.79 Å². The lowest BCUT2D eigenvalue weighted by Crippen LogP contribution is -2.14. The van der Waals surface area contributed by atoms with Crippen molar-refractivity contribution in [1.82, 2.24) is 10.2 Å². The SMILES string of the molecule is Cc1ccc(NC(=O)CSc2nnc(COc3cc(C)ccc3C)o2)c(C)c1. The third-order valence-corrected chi connectivity index (χ3v) is 4.94. The second kappa shape index (κ2) is 8.93. The number of anilines is 1. The van der Waals surface area contributed by atoms with Gasteiger partial charge in [0.05, 0.1) is 5.75 Å². The maximum absolute atomic E-state index is 12.2. The zero-order valence-corrected chi connectivity index (χ0v) is 17.2. The van der Waals surface area contributed by atoms with Crippen molar-refractivity contribution in [1.29, 1.82) is 0 Å². The molecule has 28 heavy (non-hydrogen) atoms. The maximum Gasteiger partial charge on any atom is 0.277 e. The van der Waals surface area contributed by atoms with Crippen LogP contribution in [0.5, 0.6) is 5.75 Å². The van der Waals surface area contributed by atoms with Gasteiger partial charge >= 0.3 is 0 Å². The van der Waals surface area contributed by atoms with Gasteiger partial charge in [0.25, 0.3) is 11.1 Å². The molecule has 0 aliphatic heterocycles. The van der Waals surface area contributed by atoms with Crippen LogP contribution < -0.4 is 10.1 Å². The molecular formula is C21H23N3O3S. The summed E-state index contributed by atoms with van der Waals surface area (Å²) in [7, 11) is 0. The van der Waals surface area contributed by atoms with Crippen molar-refractivity contribution in [3.63, 3.8) is 0 Å². The van der Waals surface area contributed by atoms with E-state index >= 15 is 0 Å². The monoisotopic (exact) mass is 397 g/mol. The molecule has 6 nitrogen and oxygen atoms in total. The highest BCUT2D eigenvalue weighted by atomic mass is 32.2. The van der Waals surface area contributed by atoms with Crippen LogP contribution in [0.1, 0.15) is 28.1 Å². The third kappa shape index (κ3) is 5.36. The van der Waals surface area contributed by atoms with E-state index in [1.54, 1.807) is 0 Å². The van der Waals surface area contributed by atoms with Gasteiger partial charge in [-0.2, -0.15) is 0 Å². The molecule has 3 aromatic rings. The number of rotatable bonds is 7. The minimum atomic E-state index is -0.122. The van der Waals surface area contributed by atoms with Crippen LogP contribution in [-0.4, -0.2) is 21.9 Å². The van der Waals surface area contributed by atoms with Crippen LogP contribution in [0.2, 0.25) is 0 Å². The van der Waals surface area contributed by atoms with Gasteiger partial charge in [-0.15, -0.1) is 10.2 Å². The first-order valence-electron chi connectivity index (χ1n) is 8.93. The van der Waals surface area contributed by atoms with Gasteiger partial charge < -0.3 is 14.5 Å². The van der Waals surface area contributed by atoms with Crippen LogP contribution in [0.15, 0.2) is 46.0 Å². The normalized spacial score (nSPS) is 10.7. The molecule has 0 bridgehead atoms. The Kier molecular flexibility index (Phi) is 6.36. The van der Waals surface area contributed by atoms with E-state index < -0.39 is 0 Å². The number of hydrogen-bond donors (Lipinski definition) is 1. The standard InChI is InChI=1S/C21H23N3O3S/c1-13-6-8-17(16(4)9-13)22-19(25)12-28-21-24-23-20(27-21)11-26-18-10-14(2)5-7-15(18)3/h5-10H,11-12H2,1-4H3,(H,22,25). The Hall–Kier alpha value is -2.80. The first-order valence-corrected chi connectivity index (χ1v) is 9.91. The molecular weight excluding hydrogens is 374 g/mol. The zero-order chi connectivity index (χ0) is 20.1. The second-order valence-corrected chi connectivity index (χ2v) is 7.60. The van der Waals surface area contributed by atoms with E-state index in [1.165, 1.54) is 11.8 Å². The summed E-state index contributed by atoms with van der Waals surface area (Å²) in [6.45, 7) is 8.17. The Morgan fingerprint density at radius 2 is 1.79 bits per heavy atom. The van der Waals surface area contributed by atoms with Crippen molar-refractivity contribution in [2.24, 2.45) is 0 Å². The van der Waals surface area contributed by atoms with Crippen molar-refractivity contribution in [3.8, 4) is 5.75 Å². The van der Waals surface area contributed by atoms with E-state index in [0.29, 0.717) is 11.1 Å². The average Bonchev–Trinajstić information content (AvgIpc) is 3.11. The van der Waals surface area contributed by atoms with Crippen molar-refractivity contribution < 1.29 is 13.9 Å². The van der Waals surface area contributed by atoms with E-state index in [4.69, 9.17) is 9.15 Å². The highest BCUT2D eigenvalue weighted by Gasteiger charge is 2.12. The highest BCUT2D eigenvalue weighted by molar-refractivity contribution is 7.99. The van der Waals surface area contributed by atoms with Gasteiger partial charge in [-0.25, -0.2) is 0 Å². The third-order valence-electron chi connectivity index (χ3n) is 4.13. The molecule has 0 unspecified atom stereocenters. The van der Waals surface area contributed by atoms with Crippen LogP contribution in [0, 0.1) is 27.7 Å². The van der Waals surface area contributed by atoms with Crippen LogP contribution in [-0.2, 0) is 11.4 Å². The topological polar surface area (TPSA) is 77.2 Å². The molecule has 0 saturated carbocycles. The van der Waals surface area contributed by atoms with Crippen LogP contribution in [0.25, 0.3) is 0 Å². The Balaban J connectivity index is 1.50. The minimum absolute atomic E-state index is 0.122. The van der Waals surface area contributed by atoms with Gasteiger partial charge in [-0.1, -0.05) is 41.6 Å². The van der Waals surface area contributed by atoms with E-state index in [-0.39, 0.29) is 18.3 Å². The average molecular weight is 398 g/mol. The number of aryl methyl sites for hydroxylation is 4. The van der Waals surface area contributed by atoms with Crippen molar-refractivity contribution in [2.45, 2.75) is 39.5 Å². The summed E-state index contributed by atoms with van der Waals surface area (Å²) < 4.78 is 11.3. The van der Waals surface area contributed by atoms with Gasteiger partial charge in [0.1, 0.15) is 5.75 Å².